The zero-order valence-corrected chi connectivity index (χ0v) is 19.9. The summed E-state index contributed by atoms with van der Waals surface area (Å²) in [5.74, 6) is 0.359. The summed E-state index contributed by atoms with van der Waals surface area (Å²) in [6.07, 6.45) is 2.95. The van der Waals surface area contributed by atoms with Gasteiger partial charge in [-0.1, -0.05) is 24.3 Å². The van der Waals surface area contributed by atoms with Crippen LogP contribution in [0, 0.1) is 0 Å². The molecule has 0 radical (unpaired) electrons. The second kappa shape index (κ2) is 10.3. The van der Waals surface area contributed by atoms with Crippen LogP contribution < -0.4 is 10.1 Å². The number of benzene rings is 1. The number of carbonyl (C=O) groups is 1. The molecule has 0 unspecified atom stereocenters. The molecule has 1 aromatic carbocycles. The van der Waals surface area contributed by atoms with Gasteiger partial charge in [-0.3, -0.25) is 4.98 Å². The number of amides is 2. The van der Waals surface area contributed by atoms with Crippen LogP contribution in [0.4, 0.5) is 4.79 Å². The molecule has 10 heteroatoms. The third-order valence-corrected chi connectivity index (χ3v) is 5.36. The van der Waals surface area contributed by atoms with Crippen LogP contribution in [0.1, 0.15) is 19.4 Å². The minimum absolute atomic E-state index is 0. The van der Waals surface area contributed by atoms with Gasteiger partial charge < -0.3 is 24.8 Å². The number of hydrogen-bond donors (Lipinski definition) is 2. The fraction of sp³-hybridized carbons (Fsp3) is 0.391. The molecule has 3 heterocycles. The van der Waals surface area contributed by atoms with Crippen molar-refractivity contribution >= 4 is 30.6 Å². The van der Waals surface area contributed by atoms with E-state index in [4.69, 9.17) is 9.47 Å². The fourth-order valence-corrected chi connectivity index (χ4v) is 3.58. The summed E-state index contributed by atoms with van der Waals surface area (Å²) in [7, 11) is 1.61. The number of aliphatic hydroxyl groups is 1. The number of aromatic nitrogens is 3. The molecule has 0 bridgehead atoms. The molecule has 3 aromatic rings. The number of hydrogen-bond acceptors (Lipinski definition) is 7. The van der Waals surface area contributed by atoms with Crippen molar-refractivity contribution in [1.29, 1.82) is 0 Å². The Bertz CT molecular complexity index is 1100. The van der Waals surface area contributed by atoms with Gasteiger partial charge in [0.05, 0.1) is 30.0 Å². The average Bonchev–Trinajstić information content (AvgIpc) is 2.81. The Morgan fingerprint density at radius 2 is 2.00 bits per heavy atom. The van der Waals surface area contributed by atoms with Crippen molar-refractivity contribution in [3.8, 4) is 17.1 Å². The summed E-state index contributed by atoms with van der Waals surface area (Å²) in [5.41, 5.74) is 2.67. The first kappa shape index (κ1) is 24.7. The van der Waals surface area contributed by atoms with Gasteiger partial charge in [0, 0.05) is 31.5 Å². The lowest BCUT2D eigenvalue weighted by molar-refractivity contribution is -0.0354. The molecule has 4 rings (SSSR count). The van der Waals surface area contributed by atoms with Crippen LogP contribution in [-0.2, 0) is 10.3 Å². The summed E-state index contributed by atoms with van der Waals surface area (Å²) in [4.78, 5) is 27.1. The first-order valence-electron chi connectivity index (χ1n) is 10.5. The van der Waals surface area contributed by atoms with E-state index in [2.05, 4.69) is 20.3 Å². The average molecular weight is 472 g/mol. The highest BCUT2D eigenvalue weighted by atomic mass is 32.1. The fourth-order valence-electron chi connectivity index (χ4n) is 3.58. The highest BCUT2D eigenvalue weighted by Gasteiger charge is 2.25. The molecular formula is C23H29N5O4S. The number of fused-ring (bicyclic) bond motifs is 1. The molecule has 0 spiro atoms. The largest absolute Gasteiger partial charge is 0.473 e. The van der Waals surface area contributed by atoms with Gasteiger partial charge in [-0.15, -0.1) is 0 Å². The van der Waals surface area contributed by atoms with E-state index in [1.807, 2.05) is 30.3 Å². The lowest BCUT2D eigenvalue weighted by atomic mass is 9.96. The monoisotopic (exact) mass is 471 g/mol. The highest BCUT2D eigenvalue weighted by Crippen LogP contribution is 2.29. The zero-order chi connectivity index (χ0) is 22.7. The van der Waals surface area contributed by atoms with Crippen LogP contribution in [0.25, 0.3) is 22.3 Å². The summed E-state index contributed by atoms with van der Waals surface area (Å²) >= 11 is 0. The van der Waals surface area contributed by atoms with Crippen LogP contribution in [-0.4, -0.2) is 70.4 Å². The van der Waals surface area contributed by atoms with E-state index >= 15 is 0 Å². The van der Waals surface area contributed by atoms with Crippen LogP contribution >= 0.6 is 13.5 Å². The first-order chi connectivity index (χ1) is 15.3. The van der Waals surface area contributed by atoms with Gasteiger partial charge in [0.15, 0.2) is 5.52 Å². The molecule has 1 fully saturated rings. The van der Waals surface area contributed by atoms with Gasteiger partial charge in [-0.25, -0.2) is 14.8 Å². The van der Waals surface area contributed by atoms with Crippen molar-refractivity contribution in [1.82, 2.24) is 25.2 Å². The standard InChI is InChI=1S/C23H27N5O4.H2S/c1-23(2,30)16-6-4-15(5-7-16)18-12-19-20(26-9-8-25-19)21(27-18)32-14-17-13-28(10-11-31-17)22(29)24-3;/h4-9,12,17,30H,10-11,13-14H2,1-3H3,(H,24,29);1H2/t17-;/m0./s1. The van der Waals surface area contributed by atoms with E-state index in [-0.39, 0.29) is 32.2 Å². The Morgan fingerprint density at radius 1 is 1.27 bits per heavy atom. The smallest absolute Gasteiger partial charge is 0.317 e. The van der Waals surface area contributed by atoms with Gasteiger partial charge >= 0.3 is 6.03 Å². The van der Waals surface area contributed by atoms with Gasteiger partial charge in [0.2, 0.25) is 5.88 Å². The minimum Gasteiger partial charge on any atom is -0.473 e. The molecule has 0 saturated carbocycles. The van der Waals surface area contributed by atoms with Crippen molar-refractivity contribution in [3.05, 3.63) is 48.3 Å². The predicted molar refractivity (Wildman–Crippen MR) is 130 cm³/mol. The minimum atomic E-state index is -0.919. The second-order valence-corrected chi connectivity index (χ2v) is 8.18. The van der Waals surface area contributed by atoms with Crippen molar-refractivity contribution in [2.45, 2.75) is 25.6 Å². The molecule has 9 nitrogen and oxygen atoms in total. The molecule has 176 valence electrons. The molecule has 1 atom stereocenters. The Hall–Kier alpha value is -2.95. The SMILES string of the molecule is CNC(=O)N1CCO[C@H](COc2nc(-c3ccc(C(C)(C)O)cc3)cc3nccnc23)C1.S. The van der Waals surface area contributed by atoms with Crippen molar-refractivity contribution in [3.63, 3.8) is 0 Å². The number of nitrogens with zero attached hydrogens (tertiary/aromatic N) is 4. The van der Waals surface area contributed by atoms with E-state index < -0.39 is 5.60 Å². The van der Waals surface area contributed by atoms with Crippen molar-refractivity contribution in [2.24, 2.45) is 0 Å². The molecule has 2 amide bonds. The van der Waals surface area contributed by atoms with E-state index in [0.29, 0.717) is 42.3 Å². The second-order valence-electron chi connectivity index (χ2n) is 8.18. The van der Waals surface area contributed by atoms with Crippen LogP contribution in [0.15, 0.2) is 42.7 Å². The molecule has 2 N–H and O–H groups in total. The third-order valence-electron chi connectivity index (χ3n) is 5.36. The third kappa shape index (κ3) is 5.70. The Labute approximate surface area is 199 Å². The van der Waals surface area contributed by atoms with Crippen molar-refractivity contribution < 1.29 is 19.4 Å². The molecule has 1 aliphatic heterocycles. The first-order valence-corrected chi connectivity index (χ1v) is 10.5. The van der Waals surface area contributed by atoms with E-state index in [9.17, 15) is 9.90 Å². The number of morpholine rings is 1. The summed E-state index contributed by atoms with van der Waals surface area (Å²) < 4.78 is 11.8. The zero-order valence-electron chi connectivity index (χ0n) is 18.9. The topological polar surface area (TPSA) is 110 Å². The maximum Gasteiger partial charge on any atom is 0.317 e. The van der Waals surface area contributed by atoms with Crippen LogP contribution in [0.5, 0.6) is 5.88 Å². The number of rotatable bonds is 5. The van der Waals surface area contributed by atoms with E-state index in [1.165, 1.54) is 0 Å². The molecule has 33 heavy (non-hydrogen) atoms. The van der Waals surface area contributed by atoms with Crippen LogP contribution in [0.3, 0.4) is 0 Å². The highest BCUT2D eigenvalue weighted by molar-refractivity contribution is 7.59. The normalized spacial score (nSPS) is 16.2. The lowest BCUT2D eigenvalue weighted by Gasteiger charge is -2.32. The van der Waals surface area contributed by atoms with Gasteiger partial charge in [0.1, 0.15) is 12.7 Å². The number of pyridine rings is 1. The summed E-state index contributed by atoms with van der Waals surface area (Å²) in [5, 5.41) is 12.8. The molecule has 1 saturated heterocycles. The number of urea groups is 1. The molecule has 1 aliphatic rings. The quantitative estimate of drug-likeness (QED) is 0.588. The number of carbonyl (C=O) groups excluding carboxylic acids is 1. The van der Waals surface area contributed by atoms with E-state index in [1.54, 1.807) is 38.2 Å². The Morgan fingerprint density at radius 3 is 2.70 bits per heavy atom. The van der Waals surface area contributed by atoms with Gasteiger partial charge in [-0.05, 0) is 25.5 Å². The molecular weight excluding hydrogens is 442 g/mol. The Kier molecular flexibility index (Phi) is 7.72. The number of nitrogens with one attached hydrogen (secondary N) is 1. The van der Waals surface area contributed by atoms with Gasteiger partial charge in [-0.2, -0.15) is 13.5 Å². The summed E-state index contributed by atoms with van der Waals surface area (Å²) in [6, 6.07) is 9.30. The predicted octanol–water partition coefficient (Wildman–Crippen LogP) is 2.45. The number of ether oxygens (including phenoxy) is 2. The Balaban J connectivity index is 0.00000306. The maximum atomic E-state index is 11.9. The maximum absolute atomic E-state index is 11.9. The summed E-state index contributed by atoms with van der Waals surface area (Å²) in [6.45, 7) is 5.14. The van der Waals surface area contributed by atoms with Crippen molar-refractivity contribution in [2.75, 3.05) is 33.4 Å². The molecule has 0 aliphatic carbocycles. The molecule has 2 aromatic heterocycles. The van der Waals surface area contributed by atoms with E-state index in [0.717, 1.165) is 11.1 Å². The van der Waals surface area contributed by atoms with Crippen LogP contribution in [0.2, 0.25) is 0 Å². The lowest BCUT2D eigenvalue weighted by Crippen LogP contribution is -2.50. The van der Waals surface area contributed by atoms with Gasteiger partial charge in [0.25, 0.3) is 0 Å².